The maximum atomic E-state index is 12.8. The second kappa shape index (κ2) is 18.0. The molecular weight excluding hydrogens is 509 g/mol. The Hall–Kier alpha value is -2.38. The number of rotatable bonds is 15. The lowest BCUT2D eigenvalue weighted by molar-refractivity contribution is -0.142. The van der Waals surface area contributed by atoms with E-state index in [1.54, 1.807) is 4.90 Å². The highest BCUT2D eigenvalue weighted by molar-refractivity contribution is 6.08. The van der Waals surface area contributed by atoms with Crippen LogP contribution in [-0.2, 0) is 9.59 Å². The third-order valence-corrected chi connectivity index (χ3v) is 6.35. The fourth-order valence-electron chi connectivity index (χ4n) is 4.39. The number of hydrogen-bond donors (Lipinski definition) is 2. The summed E-state index contributed by atoms with van der Waals surface area (Å²) in [5, 5.41) is 4.39. The van der Waals surface area contributed by atoms with Gasteiger partial charge < -0.3 is 21.1 Å². The standard InChI is InChI=1S/C29H39N3O3.2ClH/c30-18-8-3-1-2-4-10-20-32(28(33)13-7-9-19-31)22-29(34)35-25-17-16-24-15-14-23-11-5-6-12-26(23)27(24)21-25;;/h5-6,11-12,14-17,21H,1-4,7-10,13,18-20,22,30-31H2;2*1H. The first-order valence-corrected chi connectivity index (χ1v) is 12.9. The number of benzene rings is 3. The second-order valence-corrected chi connectivity index (χ2v) is 9.11. The van der Waals surface area contributed by atoms with Crippen molar-refractivity contribution in [3.05, 3.63) is 54.6 Å². The highest BCUT2D eigenvalue weighted by Crippen LogP contribution is 2.28. The molecule has 0 aliphatic heterocycles. The van der Waals surface area contributed by atoms with Gasteiger partial charge in [0, 0.05) is 13.0 Å². The van der Waals surface area contributed by atoms with E-state index in [2.05, 4.69) is 24.3 Å². The Morgan fingerprint density at radius 1 is 0.703 bits per heavy atom. The summed E-state index contributed by atoms with van der Waals surface area (Å²) in [6, 6.07) is 18.0. The van der Waals surface area contributed by atoms with Crippen molar-refractivity contribution in [1.29, 1.82) is 0 Å². The SMILES string of the molecule is Cl.Cl.NCCCCCCCCN(CC(=O)Oc1ccc2ccc3ccccc3c2c1)C(=O)CCCCN. The number of halogens is 2. The highest BCUT2D eigenvalue weighted by Gasteiger charge is 2.18. The zero-order chi connectivity index (χ0) is 24.9. The molecule has 0 bridgehead atoms. The fourth-order valence-corrected chi connectivity index (χ4v) is 4.39. The molecule has 37 heavy (non-hydrogen) atoms. The Morgan fingerprint density at radius 3 is 2.03 bits per heavy atom. The Kier molecular flexibility index (Phi) is 15.9. The van der Waals surface area contributed by atoms with Gasteiger partial charge in [-0.25, -0.2) is 4.79 Å². The normalized spacial score (nSPS) is 10.5. The van der Waals surface area contributed by atoms with Gasteiger partial charge in [-0.3, -0.25) is 4.79 Å². The summed E-state index contributed by atoms with van der Waals surface area (Å²) in [7, 11) is 0. The number of carbonyl (C=O) groups is 2. The van der Waals surface area contributed by atoms with E-state index in [-0.39, 0.29) is 37.3 Å². The summed E-state index contributed by atoms with van der Waals surface area (Å²) in [6.45, 7) is 1.83. The predicted octanol–water partition coefficient (Wildman–Crippen LogP) is 6.00. The van der Waals surface area contributed by atoms with Gasteiger partial charge >= 0.3 is 5.97 Å². The van der Waals surface area contributed by atoms with E-state index < -0.39 is 5.97 Å². The maximum absolute atomic E-state index is 12.8. The molecule has 0 heterocycles. The topological polar surface area (TPSA) is 98.6 Å². The van der Waals surface area contributed by atoms with E-state index in [0.29, 0.717) is 25.3 Å². The Morgan fingerprint density at radius 2 is 1.30 bits per heavy atom. The van der Waals surface area contributed by atoms with Crippen LogP contribution in [0.25, 0.3) is 21.5 Å². The summed E-state index contributed by atoms with van der Waals surface area (Å²) < 4.78 is 5.68. The monoisotopic (exact) mass is 549 g/mol. The lowest BCUT2D eigenvalue weighted by Crippen LogP contribution is -2.38. The van der Waals surface area contributed by atoms with E-state index in [1.165, 1.54) is 0 Å². The summed E-state index contributed by atoms with van der Waals surface area (Å²) in [6.07, 6.45) is 8.32. The van der Waals surface area contributed by atoms with Gasteiger partial charge in [-0.05, 0) is 72.5 Å². The largest absolute Gasteiger partial charge is 0.425 e. The van der Waals surface area contributed by atoms with Crippen molar-refractivity contribution in [3.63, 3.8) is 0 Å². The van der Waals surface area contributed by atoms with Crippen molar-refractivity contribution in [3.8, 4) is 5.75 Å². The minimum atomic E-state index is -0.417. The van der Waals surface area contributed by atoms with E-state index in [4.69, 9.17) is 16.2 Å². The molecule has 0 saturated carbocycles. The molecule has 6 nitrogen and oxygen atoms in total. The van der Waals surface area contributed by atoms with Crippen LogP contribution in [0.3, 0.4) is 0 Å². The molecule has 0 spiro atoms. The molecule has 0 aliphatic rings. The highest BCUT2D eigenvalue weighted by atomic mass is 35.5. The van der Waals surface area contributed by atoms with Gasteiger partial charge in [0.2, 0.25) is 5.91 Å². The molecule has 0 aromatic heterocycles. The van der Waals surface area contributed by atoms with Crippen LogP contribution in [0.15, 0.2) is 54.6 Å². The van der Waals surface area contributed by atoms with Crippen LogP contribution >= 0.6 is 24.8 Å². The smallest absolute Gasteiger partial charge is 0.331 e. The summed E-state index contributed by atoms with van der Waals surface area (Å²) >= 11 is 0. The molecule has 0 unspecified atom stereocenters. The number of hydrogen-bond acceptors (Lipinski definition) is 5. The van der Waals surface area contributed by atoms with Crippen molar-refractivity contribution in [2.75, 3.05) is 26.2 Å². The third-order valence-electron chi connectivity index (χ3n) is 6.35. The van der Waals surface area contributed by atoms with Gasteiger partial charge in [-0.15, -0.1) is 24.8 Å². The molecule has 4 N–H and O–H groups in total. The average Bonchev–Trinajstić information content (AvgIpc) is 2.87. The summed E-state index contributed by atoms with van der Waals surface area (Å²) in [5.74, 6) is 0.0667. The van der Waals surface area contributed by atoms with E-state index in [0.717, 1.165) is 79.5 Å². The number of nitrogens with two attached hydrogens (primary N) is 2. The van der Waals surface area contributed by atoms with E-state index >= 15 is 0 Å². The van der Waals surface area contributed by atoms with Crippen LogP contribution in [-0.4, -0.2) is 43.0 Å². The van der Waals surface area contributed by atoms with Gasteiger partial charge in [0.15, 0.2) is 0 Å². The van der Waals surface area contributed by atoms with Crippen LogP contribution in [0, 0.1) is 0 Å². The van der Waals surface area contributed by atoms with Crippen LogP contribution < -0.4 is 16.2 Å². The minimum Gasteiger partial charge on any atom is -0.425 e. The molecule has 0 fully saturated rings. The molecule has 1 amide bonds. The fraction of sp³-hybridized carbons (Fsp3) is 0.448. The van der Waals surface area contributed by atoms with Gasteiger partial charge in [0.05, 0.1) is 0 Å². The van der Waals surface area contributed by atoms with Gasteiger partial charge in [0.1, 0.15) is 12.3 Å². The number of nitrogens with zero attached hydrogens (tertiary/aromatic N) is 1. The predicted molar refractivity (Wildman–Crippen MR) is 158 cm³/mol. The second-order valence-electron chi connectivity index (χ2n) is 9.11. The van der Waals surface area contributed by atoms with Crippen molar-refractivity contribution in [2.24, 2.45) is 11.5 Å². The first-order valence-electron chi connectivity index (χ1n) is 12.9. The number of fused-ring (bicyclic) bond motifs is 3. The van der Waals surface area contributed by atoms with Gasteiger partial charge in [-0.2, -0.15) is 0 Å². The first-order chi connectivity index (χ1) is 17.1. The molecular formula is C29H41Cl2N3O3. The summed E-state index contributed by atoms with van der Waals surface area (Å²) in [5.41, 5.74) is 11.1. The molecule has 204 valence electrons. The van der Waals surface area contributed by atoms with Crippen LogP contribution in [0.2, 0.25) is 0 Å². The molecule has 3 aromatic carbocycles. The van der Waals surface area contributed by atoms with Crippen LogP contribution in [0.5, 0.6) is 5.75 Å². The Balaban J connectivity index is 0.00000342. The molecule has 0 saturated heterocycles. The molecule has 0 aliphatic carbocycles. The molecule has 0 radical (unpaired) electrons. The quantitative estimate of drug-likeness (QED) is 0.105. The molecule has 8 heteroatoms. The third kappa shape index (κ3) is 10.5. The molecule has 3 aromatic rings. The zero-order valence-corrected chi connectivity index (χ0v) is 23.2. The minimum absolute atomic E-state index is 0. The Bertz CT molecular complexity index is 1110. The number of unbranched alkanes of at least 4 members (excludes halogenated alkanes) is 6. The number of ether oxygens (including phenoxy) is 1. The van der Waals surface area contributed by atoms with E-state index in [9.17, 15) is 9.59 Å². The first kappa shape index (κ1) is 32.6. The number of carbonyl (C=O) groups excluding carboxylic acids is 2. The van der Waals surface area contributed by atoms with E-state index in [1.807, 2.05) is 30.3 Å². The molecule has 0 atom stereocenters. The van der Waals surface area contributed by atoms with Crippen LogP contribution in [0.1, 0.15) is 57.8 Å². The van der Waals surface area contributed by atoms with Crippen molar-refractivity contribution < 1.29 is 14.3 Å². The Labute approximate surface area is 232 Å². The molecule has 3 rings (SSSR count). The number of esters is 1. The van der Waals surface area contributed by atoms with Gasteiger partial charge in [-0.1, -0.05) is 68.1 Å². The van der Waals surface area contributed by atoms with Crippen molar-refractivity contribution in [2.45, 2.75) is 57.8 Å². The number of amides is 1. The lowest BCUT2D eigenvalue weighted by Gasteiger charge is -2.22. The maximum Gasteiger partial charge on any atom is 0.331 e. The van der Waals surface area contributed by atoms with Crippen LogP contribution in [0.4, 0.5) is 0 Å². The summed E-state index contributed by atoms with van der Waals surface area (Å²) in [4.78, 5) is 27.3. The zero-order valence-electron chi connectivity index (χ0n) is 21.5. The van der Waals surface area contributed by atoms with Crippen molar-refractivity contribution >= 4 is 58.2 Å². The average molecular weight is 551 g/mol. The lowest BCUT2D eigenvalue weighted by atomic mass is 10.0. The van der Waals surface area contributed by atoms with Crippen molar-refractivity contribution in [1.82, 2.24) is 4.90 Å². The van der Waals surface area contributed by atoms with Gasteiger partial charge in [0.25, 0.3) is 0 Å².